The third-order valence-corrected chi connectivity index (χ3v) is 2.61. The molecule has 1 heterocycles. The van der Waals surface area contributed by atoms with Gasteiger partial charge in [0.2, 0.25) is 0 Å². The molecule has 4 nitrogen and oxygen atoms in total. The minimum Gasteiger partial charge on any atom is -0.481 e. The van der Waals surface area contributed by atoms with E-state index in [4.69, 9.17) is 10.8 Å². The van der Waals surface area contributed by atoms with Crippen molar-refractivity contribution in [2.45, 2.75) is 19.4 Å². The van der Waals surface area contributed by atoms with Gasteiger partial charge in [-0.1, -0.05) is 15.9 Å². The molecule has 0 aliphatic rings. The van der Waals surface area contributed by atoms with E-state index >= 15 is 0 Å². The van der Waals surface area contributed by atoms with E-state index in [0.717, 1.165) is 0 Å². The number of pyridine rings is 1. The molecule has 0 aliphatic heterocycles. The van der Waals surface area contributed by atoms with Crippen molar-refractivity contribution in [2.75, 3.05) is 0 Å². The third kappa shape index (κ3) is 2.96. The van der Waals surface area contributed by atoms with Gasteiger partial charge < -0.3 is 10.8 Å². The summed E-state index contributed by atoms with van der Waals surface area (Å²) in [5.74, 6) is -1.19. The molecule has 0 amide bonds. The number of aromatic nitrogens is 1. The van der Waals surface area contributed by atoms with E-state index in [2.05, 4.69) is 20.9 Å². The first-order valence-corrected chi connectivity index (χ1v) is 5.13. The van der Waals surface area contributed by atoms with Crippen molar-refractivity contribution in [3.8, 4) is 0 Å². The van der Waals surface area contributed by atoms with Gasteiger partial charge in [-0.2, -0.15) is 0 Å². The quantitative estimate of drug-likeness (QED) is 0.889. The zero-order valence-corrected chi connectivity index (χ0v) is 9.67. The highest BCUT2D eigenvalue weighted by Crippen LogP contribution is 2.28. The van der Waals surface area contributed by atoms with Gasteiger partial charge in [0.15, 0.2) is 0 Å². The SMILES string of the molecule is NCc1cc(Br)c(CC(=O)O)c(C(F)F)n1. The normalized spacial score (nSPS) is 10.8. The van der Waals surface area contributed by atoms with Crippen molar-refractivity contribution < 1.29 is 18.7 Å². The Morgan fingerprint density at radius 1 is 1.62 bits per heavy atom. The molecule has 0 saturated heterocycles. The molecule has 0 spiro atoms. The van der Waals surface area contributed by atoms with Crippen LogP contribution in [0.4, 0.5) is 8.78 Å². The molecule has 1 aromatic rings. The second kappa shape index (κ2) is 5.31. The van der Waals surface area contributed by atoms with E-state index in [-0.39, 0.29) is 17.8 Å². The molecule has 1 rings (SSSR count). The molecular weight excluding hydrogens is 286 g/mol. The van der Waals surface area contributed by atoms with Gasteiger partial charge in [-0.25, -0.2) is 8.78 Å². The number of aliphatic carboxylic acids is 1. The minimum atomic E-state index is -2.82. The number of alkyl halides is 2. The predicted molar refractivity (Wildman–Crippen MR) is 56.1 cm³/mol. The molecule has 88 valence electrons. The molecule has 0 radical (unpaired) electrons. The van der Waals surface area contributed by atoms with Crippen LogP contribution < -0.4 is 5.73 Å². The lowest BCUT2D eigenvalue weighted by Crippen LogP contribution is -2.10. The highest BCUT2D eigenvalue weighted by atomic mass is 79.9. The Hall–Kier alpha value is -1.08. The molecule has 0 unspecified atom stereocenters. The number of carboxylic acid groups (broad SMARTS) is 1. The number of nitrogens with zero attached hydrogens (tertiary/aromatic N) is 1. The zero-order chi connectivity index (χ0) is 12.3. The number of halogens is 3. The smallest absolute Gasteiger partial charge is 0.307 e. The first-order valence-electron chi connectivity index (χ1n) is 4.34. The van der Waals surface area contributed by atoms with E-state index in [1.54, 1.807) is 0 Å². The Morgan fingerprint density at radius 2 is 2.25 bits per heavy atom. The number of hydrogen-bond acceptors (Lipinski definition) is 3. The summed E-state index contributed by atoms with van der Waals surface area (Å²) in [5, 5.41) is 8.61. The third-order valence-electron chi connectivity index (χ3n) is 1.90. The van der Waals surface area contributed by atoms with Crippen LogP contribution in [-0.2, 0) is 17.8 Å². The summed E-state index contributed by atoms with van der Waals surface area (Å²) in [6.45, 7) is 0.0195. The van der Waals surface area contributed by atoms with Crippen LogP contribution in [0.5, 0.6) is 0 Å². The van der Waals surface area contributed by atoms with Gasteiger partial charge in [-0.15, -0.1) is 0 Å². The Balaban J connectivity index is 3.27. The Morgan fingerprint density at radius 3 is 2.69 bits per heavy atom. The van der Waals surface area contributed by atoms with Crippen LogP contribution in [-0.4, -0.2) is 16.1 Å². The van der Waals surface area contributed by atoms with Gasteiger partial charge in [-0.3, -0.25) is 9.78 Å². The summed E-state index contributed by atoms with van der Waals surface area (Å²) in [6, 6.07) is 1.45. The number of hydrogen-bond donors (Lipinski definition) is 2. The Bertz CT molecular complexity index is 413. The maximum Gasteiger partial charge on any atom is 0.307 e. The minimum absolute atomic E-state index is 0.0142. The van der Waals surface area contributed by atoms with Gasteiger partial charge in [-0.05, 0) is 6.07 Å². The maximum atomic E-state index is 12.7. The lowest BCUT2D eigenvalue weighted by atomic mass is 10.1. The van der Waals surface area contributed by atoms with Crippen LogP contribution in [0.3, 0.4) is 0 Å². The van der Waals surface area contributed by atoms with Crippen LogP contribution in [0.1, 0.15) is 23.4 Å². The molecule has 0 aliphatic carbocycles. The molecule has 7 heteroatoms. The molecular formula is C9H9BrF2N2O2. The number of carboxylic acids is 1. The lowest BCUT2D eigenvalue weighted by Gasteiger charge is -2.10. The monoisotopic (exact) mass is 294 g/mol. The highest BCUT2D eigenvalue weighted by molar-refractivity contribution is 9.10. The maximum absolute atomic E-state index is 12.7. The van der Waals surface area contributed by atoms with Gasteiger partial charge in [0.1, 0.15) is 5.69 Å². The predicted octanol–water partition coefficient (Wildman–Crippen LogP) is 1.87. The summed E-state index contributed by atoms with van der Waals surface area (Å²) in [5.41, 5.74) is 5.04. The molecule has 3 N–H and O–H groups in total. The van der Waals surface area contributed by atoms with Crippen LogP contribution in [0.25, 0.3) is 0 Å². The van der Waals surface area contributed by atoms with Gasteiger partial charge in [0.25, 0.3) is 6.43 Å². The summed E-state index contributed by atoms with van der Waals surface area (Å²) in [7, 11) is 0. The second-order valence-electron chi connectivity index (χ2n) is 3.03. The zero-order valence-electron chi connectivity index (χ0n) is 8.08. The molecule has 0 fully saturated rings. The fourth-order valence-corrected chi connectivity index (χ4v) is 1.83. The molecule has 1 aromatic heterocycles. The van der Waals surface area contributed by atoms with Crippen molar-refractivity contribution in [3.05, 3.63) is 27.5 Å². The number of rotatable bonds is 4. The van der Waals surface area contributed by atoms with E-state index in [9.17, 15) is 13.6 Å². The van der Waals surface area contributed by atoms with Crippen LogP contribution in [0.15, 0.2) is 10.5 Å². The van der Waals surface area contributed by atoms with Crippen LogP contribution >= 0.6 is 15.9 Å². The fourth-order valence-electron chi connectivity index (χ4n) is 1.22. The molecule has 16 heavy (non-hydrogen) atoms. The van der Waals surface area contributed by atoms with Crippen molar-refractivity contribution >= 4 is 21.9 Å². The number of carbonyl (C=O) groups is 1. The Labute approximate surface area is 98.6 Å². The average molecular weight is 295 g/mol. The van der Waals surface area contributed by atoms with Gasteiger partial charge in [0.05, 0.1) is 12.1 Å². The topological polar surface area (TPSA) is 76.2 Å². The van der Waals surface area contributed by atoms with Crippen molar-refractivity contribution in [1.29, 1.82) is 0 Å². The standard InChI is InChI=1S/C9H9BrF2N2O2/c10-6-1-4(3-13)14-8(9(11)12)5(6)2-7(15)16/h1,9H,2-3,13H2,(H,15,16). The molecule has 0 bridgehead atoms. The Kier molecular flexibility index (Phi) is 4.31. The van der Waals surface area contributed by atoms with Crippen molar-refractivity contribution in [2.24, 2.45) is 5.73 Å². The first kappa shape index (κ1) is 13.0. The molecule has 0 saturated carbocycles. The second-order valence-corrected chi connectivity index (χ2v) is 3.89. The lowest BCUT2D eigenvalue weighted by molar-refractivity contribution is -0.136. The van der Waals surface area contributed by atoms with E-state index in [0.29, 0.717) is 4.47 Å². The van der Waals surface area contributed by atoms with Crippen LogP contribution in [0.2, 0.25) is 0 Å². The van der Waals surface area contributed by atoms with Crippen LogP contribution in [0, 0.1) is 0 Å². The summed E-state index contributed by atoms with van der Waals surface area (Å²) in [4.78, 5) is 14.2. The van der Waals surface area contributed by atoms with Crippen molar-refractivity contribution in [3.63, 3.8) is 0 Å². The fraction of sp³-hybridized carbons (Fsp3) is 0.333. The van der Waals surface area contributed by atoms with Crippen molar-refractivity contribution in [1.82, 2.24) is 4.98 Å². The highest BCUT2D eigenvalue weighted by Gasteiger charge is 2.20. The van der Waals surface area contributed by atoms with E-state index in [1.807, 2.05) is 0 Å². The van der Waals surface area contributed by atoms with E-state index < -0.39 is 24.5 Å². The summed E-state index contributed by atoms with van der Waals surface area (Å²) in [6.07, 6.45) is -3.32. The largest absolute Gasteiger partial charge is 0.481 e. The number of nitrogens with two attached hydrogens (primary N) is 1. The molecule has 0 aromatic carbocycles. The van der Waals surface area contributed by atoms with Gasteiger partial charge in [0, 0.05) is 16.6 Å². The van der Waals surface area contributed by atoms with E-state index in [1.165, 1.54) is 6.07 Å². The average Bonchev–Trinajstić information content (AvgIpc) is 2.19. The first-order chi connectivity index (χ1) is 7.45. The summed E-state index contributed by atoms with van der Waals surface area (Å²) < 4.78 is 25.6. The van der Waals surface area contributed by atoms with Gasteiger partial charge >= 0.3 is 5.97 Å². The molecule has 0 atom stereocenters. The summed E-state index contributed by atoms with van der Waals surface area (Å²) >= 11 is 3.04.